The van der Waals surface area contributed by atoms with E-state index < -0.39 is 0 Å². The predicted octanol–water partition coefficient (Wildman–Crippen LogP) is 4.42. The predicted molar refractivity (Wildman–Crippen MR) is 85.3 cm³/mol. The standard InChI is InChI=1S/C17H21NOS/c1-4-8-18(11-15-7-9-20-12-15)17(19)16-6-5-13(2)10-14(16)3/h5-7,9-10,12H,4,8,11H2,1-3H3. The van der Waals surface area contributed by atoms with Crippen molar-refractivity contribution in [2.24, 2.45) is 0 Å². The Bertz CT molecular complexity index is 575. The van der Waals surface area contributed by atoms with Crippen LogP contribution in [0.5, 0.6) is 0 Å². The minimum absolute atomic E-state index is 0.135. The van der Waals surface area contributed by atoms with Crippen LogP contribution in [-0.2, 0) is 6.54 Å². The van der Waals surface area contributed by atoms with Gasteiger partial charge in [0.25, 0.3) is 5.91 Å². The van der Waals surface area contributed by atoms with Crippen LogP contribution in [0.25, 0.3) is 0 Å². The normalized spacial score (nSPS) is 10.6. The Morgan fingerprint density at radius 2 is 2.05 bits per heavy atom. The van der Waals surface area contributed by atoms with Crippen molar-refractivity contribution in [2.75, 3.05) is 6.54 Å². The number of benzene rings is 1. The zero-order chi connectivity index (χ0) is 14.5. The smallest absolute Gasteiger partial charge is 0.254 e. The van der Waals surface area contributed by atoms with Crippen molar-refractivity contribution in [3.05, 3.63) is 57.3 Å². The van der Waals surface area contributed by atoms with E-state index in [1.807, 2.05) is 24.0 Å². The van der Waals surface area contributed by atoms with E-state index in [9.17, 15) is 4.79 Å². The molecule has 0 saturated carbocycles. The molecule has 20 heavy (non-hydrogen) atoms. The van der Waals surface area contributed by atoms with Gasteiger partial charge in [-0.1, -0.05) is 24.6 Å². The third kappa shape index (κ3) is 3.48. The zero-order valence-electron chi connectivity index (χ0n) is 12.3. The molecule has 0 aliphatic heterocycles. The molecule has 0 saturated heterocycles. The SMILES string of the molecule is CCCN(Cc1ccsc1)C(=O)c1ccc(C)cc1C. The van der Waals surface area contributed by atoms with Gasteiger partial charge in [0, 0.05) is 18.7 Å². The maximum absolute atomic E-state index is 12.7. The van der Waals surface area contributed by atoms with Gasteiger partial charge in [0.1, 0.15) is 0 Å². The van der Waals surface area contributed by atoms with E-state index in [1.165, 1.54) is 11.1 Å². The number of carbonyl (C=O) groups excluding carboxylic acids is 1. The number of hydrogen-bond donors (Lipinski definition) is 0. The number of nitrogens with zero attached hydrogens (tertiary/aromatic N) is 1. The molecule has 3 heteroatoms. The van der Waals surface area contributed by atoms with Gasteiger partial charge in [-0.25, -0.2) is 0 Å². The Morgan fingerprint density at radius 3 is 2.65 bits per heavy atom. The first-order valence-electron chi connectivity index (χ1n) is 6.99. The molecule has 0 N–H and O–H groups in total. The van der Waals surface area contributed by atoms with Crippen LogP contribution in [0.4, 0.5) is 0 Å². The van der Waals surface area contributed by atoms with E-state index in [1.54, 1.807) is 11.3 Å². The van der Waals surface area contributed by atoms with Gasteiger partial charge in [-0.15, -0.1) is 0 Å². The van der Waals surface area contributed by atoms with Crippen LogP contribution in [0.1, 0.15) is 40.4 Å². The van der Waals surface area contributed by atoms with E-state index in [0.717, 1.165) is 24.1 Å². The maximum Gasteiger partial charge on any atom is 0.254 e. The summed E-state index contributed by atoms with van der Waals surface area (Å²) in [7, 11) is 0. The van der Waals surface area contributed by atoms with Crippen LogP contribution in [0.2, 0.25) is 0 Å². The molecule has 1 aromatic carbocycles. The summed E-state index contributed by atoms with van der Waals surface area (Å²) in [5, 5.41) is 4.17. The Kier molecular flexibility index (Phi) is 4.96. The fraction of sp³-hybridized carbons (Fsp3) is 0.353. The van der Waals surface area contributed by atoms with E-state index in [4.69, 9.17) is 0 Å². The molecule has 1 heterocycles. The van der Waals surface area contributed by atoms with Crippen LogP contribution in [-0.4, -0.2) is 17.4 Å². The molecule has 0 spiro atoms. The maximum atomic E-state index is 12.7. The monoisotopic (exact) mass is 287 g/mol. The summed E-state index contributed by atoms with van der Waals surface area (Å²) in [6.07, 6.45) is 0.973. The lowest BCUT2D eigenvalue weighted by Crippen LogP contribution is -2.31. The minimum Gasteiger partial charge on any atom is -0.334 e. The zero-order valence-corrected chi connectivity index (χ0v) is 13.2. The lowest BCUT2D eigenvalue weighted by atomic mass is 10.0. The topological polar surface area (TPSA) is 20.3 Å². The summed E-state index contributed by atoms with van der Waals surface area (Å²) in [4.78, 5) is 14.7. The summed E-state index contributed by atoms with van der Waals surface area (Å²) in [5.74, 6) is 0.135. The number of rotatable bonds is 5. The lowest BCUT2D eigenvalue weighted by molar-refractivity contribution is 0.0742. The van der Waals surface area contributed by atoms with Crippen molar-refractivity contribution in [1.82, 2.24) is 4.90 Å². The molecule has 0 radical (unpaired) electrons. The van der Waals surface area contributed by atoms with Gasteiger partial charge in [-0.3, -0.25) is 4.79 Å². The second-order valence-corrected chi connectivity index (χ2v) is 5.96. The molecule has 106 valence electrons. The van der Waals surface area contributed by atoms with Crippen molar-refractivity contribution < 1.29 is 4.79 Å². The molecule has 0 aliphatic carbocycles. The average Bonchev–Trinajstić information content (AvgIpc) is 2.90. The highest BCUT2D eigenvalue weighted by atomic mass is 32.1. The van der Waals surface area contributed by atoms with Crippen LogP contribution < -0.4 is 0 Å². The third-order valence-electron chi connectivity index (χ3n) is 3.35. The molecule has 2 aromatic rings. The summed E-state index contributed by atoms with van der Waals surface area (Å²) >= 11 is 1.67. The summed E-state index contributed by atoms with van der Waals surface area (Å²) in [5.41, 5.74) is 4.28. The molecule has 1 aromatic heterocycles. The molecule has 0 atom stereocenters. The first kappa shape index (κ1) is 14.8. The first-order chi connectivity index (χ1) is 9.61. The fourth-order valence-corrected chi connectivity index (χ4v) is 3.01. The molecular formula is C17H21NOS. The molecule has 0 fully saturated rings. The van der Waals surface area contributed by atoms with E-state index >= 15 is 0 Å². The van der Waals surface area contributed by atoms with Gasteiger partial charge in [0.05, 0.1) is 0 Å². The Balaban J connectivity index is 2.21. The molecule has 2 rings (SSSR count). The number of thiophene rings is 1. The van der Waals surface area contributed by atoms with Crippen molar-refractivity contribution in [2.45, 2.75) is 33.7 Å². The van der Waals surface area contributed by atoms with E-state index in [2.05, 4.69) is 36.7 Å². The summed E-state index contributed by atoms with van der Waals surface area (Å²) < 4.78 is 0. The van der Waals surface area contributed by atoms with Crippen LogP contribution in [0.15, 0.2) is 35.0 Å². The van der Waals surface area contributed by atoms with Gasteiger partial charge >= 0.3 is 0 Å². The second-order valence-electron chi connectivity index (χ2n) is 5.18. The lowest BCUT2D eigenvalue weighted by Gasteiger charge is -2.22. The third-order valence-corrected chi connectivity index (χ3v) is 4.08. The van der Waals surface area contributed by atoms with Crippen LogP contribution >= 0.6 is 11.3 Å². The van der Waals surface area contributed by atoms with Gasteiger partial charge in [0.2, 0.25) is 0 Å². The van der Waals surface area contributed by atoms with Gasteiger partial charge in [0.15, 0.2) is 0 Å². The van der Waals surface area contributed by atoms with Crippen LogP contribution in [0, 0.1) is 13.8 Å². The molecule has 0 aliphatic rings. The number of aryl methyl sites for hydroxylation is 2. The second kappa shape index (κ2) is 6.71. The largest absolute Gasteiger partial charge is 0.334 e. The van der Waals surface area contributed by atoms with E-state index in [-0.39, 0.29) is 5.91 Å². The minimum atomic E-state index is 0.135. The summed E-state index contributed by atoms with van der Waals surface area (Å²) in [6, 6.07) is 8.11. The molecule has 1 amide bonds. The van der Waals surface area contributed by atoms with E-state index in [0.29, 0.717) is 6.54 Å². The molecule has 2 nitrogen and oxygen atoms in total. The Morgan fingerprint density at radius 1 is 1.25 bits per heavy atom. The highest BCUT2D eigenvalue weighted by Gasteiger charge is 2.17. The van der Waals surface area contributed by atoms with Crippen molar-refractivity contribution in [3.63, 3.8) is 0 Å². The average molecular weight is 287 g/mol. The highest BCUT2D eigenvalue weighted by Crippen LogP contribution is 2.16. The highest BCUT2D eigenvalue weighted by molar-refractivity contribution is 7.07. The van der Waals surface area contributed by atoms with Gasteiger partial charge in [-0.05, 0) is 54.3 Å². The fourth-order valence-electron chi connectivity index (χ4n) is 2.35. The first-order valence-corrected chi connectivity index (χ1v) is 7.93. The molecule has 0 unspecified atom stereocenters. The van der Waals surface area contributed by atoms with Crippen molar-refractivity contribution in [3.8, 4) is 0 Å². The summed E-state index contributed by atoms with van der Waals surface area (Å²) in [6.45, 7) is 7.66. The van der Waals surface area contributed by atoms with Gasteiger partial charge < -0.3 is 4.90 Å². The van der Waals surface area contributed by atoms with Crippen molar-refractivity contribution in [1.29, 1.82) is 0 Å². The Labute approximate surface area is 125 Å². The quantitative estimate of drug-likeness (QED) is 0.797. The van der Waals surface area contributed by atoms with Crippen molar-refractivity contribution >= 4 is 17.2 Å². The number of carbonyl (C=O) groups is 1. The molecular weight excluding hydrogens is 266 g/mol. The van der Waals surface area contributed by atoms with Gasteiger partial charge in [-0.2, -0.15) is 11.3 Å². The Hall–Kier alpha value is -1.61. The molecule has 0 bridgehead atoms. The van der Waals surface area contributed by atoms with Crippen LogP contribution in [0.3, 0.4) is 0 Å². The number of amides is 1. The number of hydrogen-bond acceptors (Lipinski definition) is 2.